The Kier molecular flexibility index (Phi) is 4.18. The summed E-state index contributed by atoms with van der Waals surface area (Å²) in [6, 6.07) is 6.74. The lowest BCUT2D eigenvalue weighted by Crippen LogP contribution is -2.67. The van der Waals surface area contributed by atoms with Gasteiger partial charge in [-0.15, -0.1) is 0 Å². The van der Waals surface area contributed by atoms with Gasteiger partial charge in [0.2, 0.25) is 5.91 Å². The zero-order chi connectivity index (χ0) is 16.5. The van der Waals surface area contributed by atoms with E-state index in [1.165, 1.54) is 0 Å². The van der Waals surface area contributed by atoms with Gasteiger partial charge in [-0.05, 0) is 58.4 Å². The van der Waals surface area contributed by atoms with E-state index in [9.17, 15) is 9.59 Å². The molecule has 1 aromatic carbocycles. The molecule has 0 aromatic heterocycles. The van der Waals surface area contributed by atoms with Gasteiger partial charge in [-0.2, -0.15) is 0 Å². The first-order valence-electron chi connectivity index (χ1n) is 7.47. The van der Waals surface area contributed by atoms with E-state index in [0.717, 1.165) is 0 Å². The molecule has 120 valence electrons. The van der Waals surface area contributed by atoms with Gasteiger partial charge in [0.15, 0.2) is 6.23 Å². The highest BCUT2D eigenvalue weighted by atomic mass is 16.6. The first-order valence-corrected chi connectivity index (χ1v) is 7.47. The number of carbonyl (C=O) groups is 2. The van der Waals surface area contributed by atoms with Crippen LogP contribution in [0.2, 0.25) is 0 Å². The molecule has 1 aromatic rings. The normalized spacial score (nSPS) is 24.2. The summed E-state index contributed by atoms with van der Waals surface area (Å²) in [5.41, 5.74) is -0.548. The van der Waals surface area contributed by atoms with Crippen molar-refractivity contribution in [1.82, 2.24) is 5.32 Å². The molecule has 0 unspecified atom stereocenters. The third kappa shape index (κ3) is 3.24. The molecule has 2 atom stereocenters. The van der Waals surface area contributed by atoms with Gasteiger partial charge in [-0.25, -0.2) is 4.79 Å². The highest BCUT2D eigenvalue weighted by Gasteiger charge is 2.51. The molecule has 0 spiro atoms. The number of hydrogen-bond donors (Lipinski definition) is 1. The van der Waals surface area contributed by atoms with Crippen LogP contribution in [0.15, 0.2) is 24.3 Å². The summed E-state index contributed by atoms with van der Waals surface area (Å²) in [6.45, 7) is 9.32. The lowest BCUT2D eigenvalue weighted by atomic mass is 9.78. The number of β-lactam (4-membered cyclic amide) rings is 1. The number of rotatable bonds is 4. The average Bonchev–Trinajstić information content (AvgIpc) is 2.45. The Hall–Kier alpha value is -2.04. The molecule has 0 aliphatic carbocycles. The molecule has 22 heavy (non-hydrogen) atoms. The maximum Gasteiger partial charge on any atom is 0.338 e. The molecular weight excluding hydrogens is 282 g/mol. The summed E-state index contributed by atoms with van der Waals surface area (Å²) in [6.07, 6.45) is 0.372. The number of esters is 1. The summed E-state index contributed by atoms with van der Waals surface area (Å²) < 4.78 is 11.1. The van der Waals surface area contributed by atoms with E-state index in [1.807, 2.05) is 34.6 Å². The van der Waals surface area contributed by atoms with Crippen LogP contribution in [-0.4, -0.2) is 23.7 Å². The Balaban J connectivity index is 2.01. The van der Waals surface area contributed by atoms with Crippen molar-refractivity contribution in [1.29, 1.82) is 0 Å². The van der Waals surface area contributed by atoms with Crippen molar-refractivity contribution in [3.05, 3.63) is 29.8 Å². The molecular formula is C17H23NO4. The smallest absolute Gasteiger partial charge is 0.338 e. The van der Waals surface area contributed by atoms with Gasteiger partial charge in [0.05, 0.1) is 5.56 Å². The average molecular weight is 305 g/mol. The van der Waals surface area contributed by atoms with Crippen LogP contribution in [0.5, 0.6) is 5.75 Å². The second kappa shape index (κ2) is 5.63. The Morgan fingerprint density at radius 3 is 2.32 bits per heavy atom. The molecule has 5 heteroatoms. The van der Waals surface area contributed by atoms with Crippen molar-refractivity contribution < 1.29 is 19.1 Å². The van der Waals surface area contributed by atoms with E-state index < -0.39 is 11.0 Å². The summed E-state index contributed by atoms with van der Waals surface area (Å²) in [7, 11) is 0. The van der Waals surface area contributed by atoms with E-state index >= 15 is 0 Å². The largest absolute Gasteiger partial charge is 0.470 e. The minimum Gasteiger partial charge on any atom is -0.470 e. The summed E-state index contributed by atoms with van der Waals surface area (Å²) in [5, 5.41) is 2.75. The Labute approximate surface area is 131 Å². The van der Waals surface area contributed by atoms with Crippen molar-refractivity contribution in [2.45, 2.75) is 52.9 Å². The van der Waals surface area contributed by atoms with E-state index in [2.05, 4.69) is 5.32 Å². The van der Waals surface area contributed by atoms with Gasteiger partial charge >= 0.3 is 5.97 Å². The lowest BCUT2D eigenvalue weighted by Gasteiger charge is -2.44. The first-order chi connectivity index (χ1) is 10.2. The molecule has 1 heterocycles. The fraction of sp³-hybridized carbons (Fsp3) is 0.529. The Bertz CT molecular complexity index is 573. The molecule has 1 saturated heterocycles. The monoisotopic (exact) mass is 305 g/mol. The Morgan fingerprint density at radius 1 is 1.27 bits per heavy atom. The zero-order valence-corrected chi connectivity index (χ0v) is 13.7. The van der Waals surface area contributed by atoms with Crippen molar-refractivity contribution in [3.63, 3.8) is 0 Å². The maximum absolute atomic E-state index is 11.9. The second-order valence-corrected chi connectivity index (χ2v) is 6.77. The molecule has 1 fully saturated rings. The van der Waals surface area contributed by atoms with Gasteiger partial charge in [0.1, 0.15) is 16.8 Å². The molecule has 1 N–H and O–H groups in total. The fourth-order valence-electron chi connectivity index (χ4n) is 2.13. The van der Waals surface area contributed by atoms with Crippen LogP contribution in [0.3, 0.4) is 0 Å². The zero-order valence-electron chi connectivity index (χ0n) is 13.7. The van der Waals surface area contributed by atoms with Crippen LogP contribution in [0.1, 0.15) is 51.4 Å². The van der Waals surface area contributed by atoms with E-state index in [1.54, 1.807) is 24.3 Å². The van der Waals surface area contributed by atoms with Crippen molar-refractivity contribution >= 4 is 11.9 Å². The van der Waals surface area contributed by atoms with Gasteiger partial charge in [-0.3, -0.25) is 4.79 Å². The standard InChI is InChI=1S/C17H23NO4/c1-6-17(5)14(20)18-15(17)21-12-9-7-11(8-10-12)13(19)22-16(2,3)4/h7-10,15H,6H2,1-5H3,(H,18,20)/t15-,17+/m1/s1. The van der Waals surface area contributed by atoms with Crippen LogP contribution in [0.25, 0.3) is 0 Å². The number of nitrogens with one attached hydrogen (secondary N) is 1. The molecule has 0 bridgehead atoms. The lowest BCUT2D eigenvalue weighted by molar-refractivity contribution is -0.158. The topological polar surface area (TPSA) is 64.6 Å². The van der Waals surface area contributed by atoms with E-state index in [0.29, 0.717) is 17.7 Å². The third-order valence-electron chi connectivity index (χ3n) is 3.84. The number of ether oxygens (including phenoxy) is 2. The molecule has 1 amide bonds. The molecule has 1 aliphatic rings. The van der Waals surface area contributed by atoms with Crippen molar-refractivity contribution in [2.75, 3.05) is 0 Å². The molecule has 2 rings (SSSR count). The molecule has 1 aliphatic heterocycles. The van der Waals surface area contributed by atoms with E-state index in [4.69, 9.17) is 9.47 Å². The Morgan fingerprint density at radius 2 is 1.86 bits per heavy atom. The van der Waals surface area contributed by atoms with Crippen LogP contribution >= 0.6 is 0 Å². The van der Waals surface area contributed by atoms with Crippen LogP contribution in [-0.2, 0) is 9.53 Å². The van der Waals surface area contributed by atoms with Gasteiger partial charge in [0, 0.05) is 0 Å². The minimum absolute atomic E-state index is 0.00498. The van der Waals surface area contributed by atoms with Crippen LogP contribution in [0, 0.1) is 5.41 Å². The van der Waals surface area contributed by atoms with Crippen molar-refractivity contribution in [3.8, 4) is 5.75 Å². The molecule has 5 nitrogen and oxygen atoms in total. The quantitative estimate of drug-likeness (QED) is 0.686. The van der Waals surface area contributed by atoms with E-state index in [-0.39, 0.29) is 18.1 Å². The fourth-order valence-corrected chi connectivity index (χ4v) is 2.13. The van der Waals surface area contributed by atoms with Crippen molar-refractivity contribution in [2.24, 2.45) is 5.41 Å². The number of carbonyl (C=O) groups excluding carboxylic acids is 2. The number of hydrogen-bond acceptors (Lipinski definition) is 4. The van der Waals surface area contributed by atoms with Gasteiger partial charge in [0.25, 0.3) is 0 Å². The third-order valence-corrected chi connectivity index (χ3v) is 3.84. The summed E-state index contributed by atoms with van der Waals surface area (Å²) >= 11 is 0. The number of benzene rings is 1. The predicted octanol–water partition coefficient (Wildman–Crippen LogP) is 2.89. The van der Waals surface area contributed by atoms with Crippen LogP contribution in [0.4, 0.5) is 0 Å². The highest BCUT2D eigenvalue weighted by molar-refractivity contribution is 5.90. The SMILES string of the molecule is CC[C@@]1(C)C(=O)N[C@@H]1Oc1ccc(C(=O)OC(C)(C)C)cc1. The number of amides is 1. The van der Waals surface area contributed by atoms with Gasteiger partial charge in [-0.1, -0.05) is 6.92 Å². The maximum atomic E-state index is 11.9. The minimum atomic E-state index is -0.522. The first kappa shape index (κ1) is 16.3. The highest BCUT2D eigenvalue weighted by Crippen LogP contribution is 2.35. The van der Waals surface area contributed by atoms with Crippen LogP contribution < -0.4 is 10.1 Å². The summed E-state index contributed by atoms with van der Waals surface area (Å²) in [5.74, 6) is 0.247. The molecule has 0 saturated carbocycles. The van der Waals surface area contributed by atoms with Gasteiger partial charge < -0.3 is 14.8 Å². The predicted molar refractivity (Wildman–Crippen MR) is 82.6 cm³/mol. The summed E-state index contributed by atoms with van der Waals surface area (Å²) in [4.78, 5) is 23.5. The molecule has 0 radical (unpaired) electrons. The second-order valence-electron chi connectivity index (χ2n) is 6.77.